The molecule has 0 radical (unpaired) electrons. The average Bonchev–Trinajstić information content (AvgIpc) is 2.99. The summed E-state index contributed by atoms with van der Waals surface area (Å²) in [6.45, 7) is 1.02. The van der Waals surface area contributed by atoms with Gasteiger partial charge in [0.2, 0.25) is 5.91 Å². The second-order valence-electron chi connectivity index (χ2n) is 6.74. The van der Waals surface area contributed by atoms with Crippen LogP contribution in [-0.2, 0) is 4.79 Å². The van der Waals surface area contributed by atoms with Crippen LogP contribution in [0.5, 0.6) is 0 Å². The van der Waals surface area contributed by atoms with E-state index in [-0.39, 0.29) is 23.4 Å². The minimum absolute atomic E-state index is 0.00455. The largest absolute Gasteiger partial charge is 0.338 e. The number of piperidine rings is 1. The van der Waals surface area contributed by atoms with Gasteiger partial charge in [0.15, 0.2) is 0 Å². The van der Waals surface area contributed by atoms with Gasteiger partial charge in [-0.2, -0.15) is 0 Å². The zero-order valence-electron chi connectivity index (χ0n) is 14.5. The third kappa shape index (κ3) is 3.32. The Labute approximate surface area is 160 Å². The summed E-state index contributed by atoms with van der Waals surface area (Å²) in [4.78, 5) is 28.2. The lowest BCUT2D eigenvalue weighted by Crippen LogP contribution is -2.53. The third-order valence-electron chi connectivity index (χ3n) is 5.13. The Morgan fingerprint density at radius 3 is 2.07 bits per heavy atom. The van der Waals surface area contributed by atoms with Crippen LogP contribution >= 0.6 is 11.8 Å². The molecule has 4 nitrogen and oxygen atoms in total. The second-order valence-corrected chi connectivity index (χ2v) is 8.08. The van der Waals surface area contributed by atoms with Crippen LogP contribution in [0.2, 0.25) is 0 Å². The number of benzene rings is 2. The number of carbonyl (C=O) groups is 2. The Morgan fingerprint density at radius 1 is 0.926 bits per heavy atom. The third-order valence-corrected chi connectivity index (χ3v) is 6.65. The molecule has 2 aromatic rings. The number of rotatable bonds is 2. The summed E-state index contributed by atoms with van der Waals surface area (Å²) in [6.07, 6.45) is 1.27. The van der Waals surface area contributed by atoms with Gasteiger partial charge in [-0.15, -0.1) is 11.8 Å². The molecule has 0 saturated carbocycles. The normalized spacial score (nSPS) is 19.0. The van der Waals surface area contributed by atoms with Crippen LogP contribution in [0, 0.1) is 11.6 Å². The smallest absolute Gasteiger partial charge is 0.253 e. The number of carbonyl (C=O) groups excluding carboxylic acids is 2. The van der Waals surface area contributed by atoms with E-state index in [0.29, 0.717) is 42.9 Å². The fourth-order valence-corrected chi connectivity index (χ4v) is 5.05. The van der Waals surface area contributed by atoms with Gasteiger partial charge in [0.1, 0.15) is 11.6 Å². The zero-order chi connectivity index (χ0) is 19.0. The van der Waals surface area contributed by atoms with E-state index >= 15 is 0 Å². The molecule has 7 heteroatoms. The lowest BCUT2D eigenvalue weighted by molar-refractivity contribution is -0.116. The molecule has 2 aromatic carbocycles. The maximum Gasteiger partial charge on any atom is 0.253 e. The Bertz CT molecular complexity index is 863. The van der Waals surface area contributed by atoms with Crippen LogP contribution < -0.4 is 4.90 Å². The molecule has 2 aliphatic heterocycles. The van der Waals surface area contributed by atoms with Crippen molar-refractivity contribution in [3.8, 4) is 0 Å². The first kappa shape index (κ1) is 18.0. The van der Waals surface area contributed by atoms with Crippen molar-refractivity contribution in [2.24, 2.45) is 0 Å². The number of hydrogen-bond donors (Lipinski definition) is 0. The van der Waals surface area contributed by atoms with Crippen molar-refractivity contribution in [3.63, 3.8) is 0 Å². The Kier molecular flexibility index (Phi) is 4.63. The van der Waals surface area contributed by atoms with Crippen LogP contribution in [-0.4, -0.2) is 40.4 Å². The predicted molar refractivity (Wildman–Crippen MR) is 101 cm³/mol. The van der Waals surface area contributed by atoms with Crippen LogP contribution in [0.1, 0.15) is 23.2 Å². The Hall–Kier alpha value is -2.41. The fourth-order valence-electron chi connectivity index (χ4n) is 3.72. The van der Waals surface area contributed by atoms with Crippen molar-refractivity contribution in [3.05, 3.63) is 65.7 Å². The van der Waals surface area contributed by atoms with E-state index < -0.39 is 4.87 Å². The highest BCUT2D eigenvalue weighted by molar-refractivity contribution is 8.02. The van der Waals surface area contributed by atoms with Crippen molar-refractivity contribution in [2.45, 2.75) is 17.7 Å². The lowest BCUT2D eigenvalue weighted by atomic mass is 10.00. The number of halogens is 2. The zero-order valence-corrected chi connectivity index (χ0v) is 15.3. The molecule has 2 amide bonds. The molecule has 140 valence electrons. The highest BCUT2D eigenvalue weighted by Crippen LogP contribution is 2.46. The van der Waals surface area contributed by atoms with E-state index in [2.05, 4.69) is 0 Å². The van der Waals surface area contributed by atoms with Gasteiger partial charge < -0.3 is 4.90 Å². The molecule has 2 saturated heterocycles. The van der Waals surface area contributed by atoms with Crippen LogP contribution in [0.25, 0.3) is 0 Å². The van der Waals surface area contributed by atoms with Crippen LogP contribution in [0.15, 0.2) is 48.5 Å². The summed E-state index contributed by atoms with van der Waals surface area (Å²) in [5, 5.41) is 0. The minimum atomic E-state index is -0.408. The number of nitrogens with zero attached hydrogens (tertiary/aromatic N) is 2. The fraction of sp³-hybridized carbons (Fsp3) is 0.300. The molecule has 0 bridgehead atoms. The standard InChI is InChI=1S/C20H18F2N2O2S/c21-15-3-1-14(2-4-15)19(26)23-11-9-20(10-12-23)24(18(25)13-27-20)17-7-5-16(22)6-8-17/h1-8H,9-13H2. The van der Waals surface area contributed by atoms with E-state index in [1.54, 1.807) is 33.7 Å². The maximum atomic E-state index is 13.3. The molecule has 1 spiro atoms. The molecule has 27 heavy (non-hydrogen) atoms. The summed E-state index contributed by atoms with van der Waals surface area (Å²) in [7, 11) is 0. The van der Waals surface area contributed by atoms with Gasteiger partial charge in [0.05, 0.1) is 10.6 Å². The molecule has 2 aliphatic rings. The maximum absolute atomic E-state index is 13.3. The van der Waals surface area contributed by atoms with Gasteiger partial charge in [-0.3, -0.25) is 14.5 Å². The van der Waals surface area contributed by atoms with Crippen LogP contribution in [0.4, 0.5) is 14.5 Å². The molecular weight excluding hydrogens is 370 g/mol. The quantitative estimate of drug-likeness (QED) is 0.788. The van der Waals surface area contributed by atoms with Gasteiger partial charge in [-0.1, -0.05) is 0 Å². The molecule has 2 heterocycles. The molecule has 0 atom stereocenters. The van der Waals surface area contributed by atoms with E-state index in [9.17, 15) is 18.4 Å². The highest BCUT2D eigenvalue weighted by atomic mass is 32.2. The van der Waals surface area contributed by atoms with E-state index in [1.165, 1.54) is 36.4 Å². The Balaban J connectivity index is 1.51. The Morgan fingerprint density at radius 2 is 1.48 bits per heavy atom. The van der Waals surface area contributed by atoms with Gasteiger partial charge in [0.25, 0.3) is 5.91 Å². The molecule has 0 aromatic heterocycles. The summed E-state index contributed by atoms with van der Waals surface area (Å²) < 4.78 is 26.3. The van der Waals surface area contributed by atoms with Gasteiger partial charge in [-0.25, -0.2) is 8.78 Å². The SMILES string of the molecule is O=C(c1ccc(F)cc1)N1CCC2(CC1)SCC(=O)N2c1ccc(F)cc1. The lowest BCUT2D eigenvalue weighted by Gasteiger charge is -2.44. The van der Waals surface area contributed by atoms with E-state index in [0.717, 1.165) is 0 Å². The highest BCUT2D eigenvalue weighted by Gasteiger charge is 2.49. The van der Waals surface area contributed by atoms with Crippen molar-refractivity contribution in [1.29, 1.82) is 0 Å². The van der Waals surface area contributed by atoms with Gasteiger partial charge >= 0.3 is 0 Å². The summed E-state index contributed by atoms with van der Waals surface area (Å²) in [5.74, 6) is -0.465. The first-order chi connectivity index (χ1) is 13.0. The molecule has 0 N–H and O–H groups in total. The number of anilines is 1. The predicted octanol–water partition coefficient (Wildman–Crippen LogP) is 3.68. The van der Waals surface area contributed by atoms with Crippen molar-refractivity contribution in [1.82, 2.24) is 4.90 Å². The molecule has 2 fully saturated rings. The van der Waals surface area contributed by atoms with Gasteiger partial charge in [0, 0.05) is 24.3 Å². The van der Waals surface area contributed by atoms with Crippen molar-refractivity contribution in [2.75, 3.05) is 23.7 Å². The molecule has 4 rings (SSSR count). The van der Waals surface area contributed by atoms with Crippen molar-refractivity contribution < 1.29 is 18.4 Å². The summed E-state index contributed by atoms with van der Waals surface area (Å²) >= 11 is 1.59. The average molecular weight is 388 g/mol. The van der Waals surface area contributed by atoms with Crippen LogP contribution in [0.3, 0.4) is 0 Å². The number of thioether (sulfide) groups is 1. The number of amides is 2. The van der Waals surface area contributed by atoms with Crippen molar-refractivity contribution >= 4 is 29.3 Å². The second kappa shape index (κ2) is 6.96. The summed E-state index contributed by atoms with van der Waals surface area (Å²) in [6, 6.07) is 11.5. The van der Waals surface area contributed by atoms with E-state index in [4.69, 9.17) is 0 Å². The van der Waals surface area contributed by atoms with Gasteiger partial charge in [-0.05, 0) is 61.4 Å². The molecule has 0 aliphatic carbocycles. The minimum Gasteiger partial charge on any atom is -0.338 e. The molecular formula is C20H18F2N2O2S. The summed E-state index contributed by atoms with van der Waals surface area (Å²) in [5.41, 5.74) is 1.14. The first-order valence-corrected chi connectivity index (χ1v) is 9.74. The monoisotopic (exact) mass is 388 g/mol. The molecule has 0 unspecified atom stereocenters. The first-order valence-electron chi connectivity index (χ1n) is 8.76. The number of hydrogen-bond acceptors (Lipinski definition) is 3. The topological polar surface area (TPSA) is 40.6 Å². The van der Waals surface area contributed by atoms with E-state index in [1.807, 2.05) is 0 Å². The number of likely N-dealkylation sites (tertiary alicyclic amines) is 1.